The van der Waals surface area contributed by atoms with Crippen molar-refractivity contribution in [3.8, 4) is 0 Å². The van der Waals surface area contributed by atoms with Crippen molar-refractivity contribution in [1.82, 2.24) is 10.2 Å². The Kier molecular flexibility index (Phi) is 4.89. The number of carboxylic acid groups (broad SMARTS) is 1. The van der Waals surface area contributed by atoms with Gasteiger partial charge in [-0.2, -0.15) is 0 Å². The van der Waals surface area contributed by atoms with Gasteiger partial charge in [0.1, 0.15) is 0 Å². The van der Waals surface area contributed by atoms with Crippen LogP contribution in [-0.2, 0) is 4.79 Å². The van der Waals surface area contributed by atoms with E-state index in [2.05, 4.69) is 19.2 Å². The van der Waals surface area contributed by atoms with E-state index in [1.54, 1.807) is 0 Å². The molecule has 1 saturated carbocycles. The highest BCUT2D eigenvalue weighted by Gasteiger charge is 2.33. The molecule has 2 aliphatic rings. The standard InChI is InChI=1S/C15H26N2O3/c1-10-7-11(2)17(9-10)15(20)16-8-12-5-3-4-6-13(12)14(18)19/h10-13H,3-9H2,1-2H3,(H,16,20)(H,18,19). The minimum atomic E-state index is -0.716. The van der Waals surface area contributed by atoms with Gasteiger partial charge in [-0.25, -0.2) is 4.79 Å². The Morgan fingerprint density at radius 3 is 2.55 bits per heavy atom. The van der Waals surface area contributed by atoms with Crippen molar-refractivity contribution in [2.45, 2.75) is 52.0 Å². The Morgan fingerprint density at radius 1 is 1.25 bits per heavy atom. The van der Waals surface area contributed by atoms with E-state index in [0.717, 1.165) is 38.6 Å². The van der Waals surface area contributed by atoms with E-state index in [4.69, 9.17) is 0 Å². The van der Waals surface area contributed by atoms with Gasteiger partial charge in [0, 0.05) is 19.1 Å². The summed E-state index contributed by atoms with van der Waals surface area (Å²) in [6, 6.07) is 0.253. The SMILES string of the molecule is CC1CC(C)N(C(=O)NCC2CCCCC2C(=O)O)C1. The van der Waals surface area contributed by atoms with Crippen LogP contribution in [0.1, 0.15) is 46.0 Å². The number of hydrogen-bond donors (Lipinski definition) is 2. The van der Waals surface area contributed by atoms with E-state index < -0.39 is 5.97 Å². The van der Waals surface area contributed by atoms with Gasteiger partial charge < -0.3 is 15.3 Å². The molecule has 0 aromatic rings. The molecule has 0 bridgehead atoms. The van der Waals surface area contributed by atoms with Crippen LogP contribution in [0.5, 0.6) is 0 Å². The summed E-state index contributed by atoms with van der Waals surface area (Å²) in [7, 11) is 0. The Hall–Kier alpha value is -1.26. The van der Waals surface area contributed by atoms with Crippen molar-refractivity contribution in [3.63, 3.8) is 0 Å². The average molecular weight is 282 g/mol. The molecule has 4 atom stereocenters. The summed E-state index contributed by atoms with van der Waals surface area (Å²) in [5, 5.41) is 12.2. The molecule has 1 heterocycles. The molecule has 0 radical (unpaired) electrons. The monoisotopic (exact) mass is 282 g/mol. The zero-order valence-electron chi connectivity index (χ0n) is 12.5. The summed E-state index contributed by atoms with van der Waals surface area (Å²) in [6.45, 7) is 5.53. The lowest BCUT2D eigenvalue weighted by atomic mass is 9.79. The van der Waals surface area contributed by atoms with Gasteiger partial charge >= 0.3 is 12.0 Å². The number of nitrogens with one attached hydrogen (secondary N) is 1. The molecule has 1 saturated heterocycles. The first kappa shape index (κ1) is 15.1. The van der Waals surface area contributed by atoms with Crippen LogP contribution >= 0.6 is 0 Å². The number of urea groups is 1. The molecule has 0 aromatic heterocycles. The zero-order valence-corrected chi connectivity index (χ0v) is 12.5. The maximum atomic E-state index is 12.2. The topological polar surface area (TPSA) is 69.6 Å². The van der Waals surface area contributed by atoms with Crippen LogP contribution in [0.2, 0.25) is 0 Å². The third kappa shape index (κ3) is 3.44. The summed E-state index contributed by atoms with van der Waals surface area (Å²) in [6.07, 6.45) is 4.76. The number of nitrogens with zero attached hydrogens (tertiary/aromatic N) is 1. The number of likely N-dealkylation sites (tertiary alicyclic amines) is 1. The molecule has 114 valence electrons. The molecule has 2 N–H and O–H groups in total. The molecule has 1 aliphatic carbocycles. The number of carboxylic acids is 1. The first-order valence-electron chi connectivity index (χ1n) is 7.76. The first-order chi connectivity index (χ1) is 9.49. The average Bonchev–Trinajstić information content (AvgIpc) is 2.75. The van der Waals surface area contributed by atoms with Gasteiger partial charge in [-0.15, -0.1) is 0 Å². The van der Waals surface area contributed by atoms with Crippen molar-refractivity contribution >= 4 is 12.0 Å². The fraction of sp³-hybridized carbons (Fsp3) is 0.867. The minimum Gasteiger partial charge on any atom is -0.481 e. The van der Waals surface area contributed by atoms with Crippen LogP contribution in [0, 0.1) is 17.8 Å². The maximum absolute atomic E-state index is 12.2. The van der Waals surface area contributed by atoms with Crippen LogP contribution < -0.4 is 5.32 Å². The largest absolute Gasteiger partial charge is 0.481 e. The Morgan fingerprint density at radius 2 is 1.95 bits per heavy atom. The molecule has 4 unspecified atom stereocenters. The molecule has 5 nitrogen and oxygen atoms in total. The summed E-state index contributed by atoms with van der Waals surface area (Å²) in [5.41, 5.74) is 0. The van der Waals surface area contributed by atoms with Gasteiger partial charge in [-0.3, -0.25) is 4.79 Å². The lowest BCUT2D eigenvalue weighted by Crippen LogP contribution is -2.45. The number of amides is 2. The summed E-state index contributed by atoms with van der Waals surface area (Å²) >= 11 is 0. The second-order valence-electron chi connectivity index (χ2n) is 6.52. The van der Waals surface area contributed by atoms with E-state index in [1.807, 2.05) is 4.90 Å². The molecular weight excluding hydrogens is 256 g/mol. The highest BCUT2D eigenvalue weighted by molar-refractivity contribution is 5.75. The third-order valence-electron chi connectivity index (χ3n) is 4.79. The Balaban J connectivity index is 1.84. The molecule has 20 heavy (non-hydrogen) atoms. The van der Waals surface area contributed by atoms with Crippen molar-refractivity contribution in [2.75, 3.05) is 13.1 Å². The van der Waals surface area contributed by atoms with E-state index in [0.29, 0.717) is 12.5 Å². The molecule has 5 heteroatoms. The third-order valence-corrected chi connectivity index (χ3v) is 4.79. The quantitative estimate of drug-likeness (QED) is 0.834. The fourth-order valence-electron chi connectivity index (χ4n) is 3.68. The fourth-order valence-corrected chi connectivity index (χ4v) is 3.68. The number of aliphatic carboxylic acids is 1. The first-order valence-corrected chi connectivity index (χ1v) is 7.76. The van der Waals surface area contributed by atoms with E-state index in [9.17, 15) is 14.7 Å². The molecule has 2 amide bonds. The highest BCUT2D eigenvalue weighted by Crippen LogP contribution is 2.30. The van der Waals surface area contributed by atoms with Crippen LogP contribution in [0.4, 0.5) is 4.79 Å². The van der Waals surface area contributed by atoms with Crippen molar-refractivity contribution < 1.29 is 14.7 Å². The minimum absolute atomic E-state index is 0.0310. The smallest absolute Gasteiger partial charge is 0.317 e. The highest BCUT2D eigenvalue weighted by atomic mass is 16.4. The van der Waals surface area contributed by atoms with Gasteiger partial charge in [-0.1, -0.05) is 19.8 Å². The zero-order chi connectivity index (χ0) is 14.7. The van der Waals surface area contributed by atoms with E-state index in [1.165, 1.54) is 0 Å². The molecule has 1 aliphatic heterocycles. The second kappa shape index (κ2) is 6.46. The molecular formula is C15H26N2O3. The van der Waals surface area contributed by atoms with Gasteiger partial charge in [0.05, 0.1) is 5.92 Å². The predicted molar refractivity (Wildman–Crippen MR) is 76.4 cm³/mol. The van der Waals surface area contributed by atoms with Gasteiger partial charge in [0.2, 0.25) is 0 Å². The van der Waals surface area contributed by atoms with Crippen LogP contribution in [0.25, 0.3) is 0 Å². The summed E-state index contributed by atoms with van der Waals surface area (Å²) in [4.78, 5) is 25.3. The Bertz CT molecular complexity index is 372. The number of carbonyl (C=O) groups excluding carboxylic acids is 1. The maximum Gasteiger partial charge on any atom is 0.317 e. The van der Waals surface area contributed by atoms with E-state index >= 15 is 0 Å². The van der Waals surface area contributed by atoms with Crippen LogP contribution in [0.15, 0.2) is 0 Å². The lowest BCUT2D eigenvalue weighted by molar-refractivity contribution is -0.144. The molecule has 0 spiro atoms. The Labute approximate surface area is 120 Å². The number of carbonyl (C=O) groups is 2. The summed E-state index contributed by atoms with van der Waals surface area (Å²) < 4.78 is 0. The van der Waals surface area contributed by atoms with Crippen molar-refractivity contribution in [3.05, 3.63) is 0 Å². The van der Waals surface area contributed by atoms with Gasteiger partial charge in [-0.05, 0) is 38.0 Å². The normalized spacial score (nSPS) is 34.0. The second-order valence-corrected chi connectivity index (χ2v) is 6.52. The summed E-state index contributed by atoms with van der Waals surface area (Å²) in [5.74, 6) is -0.371. The number of hydrogen-bond acceptors (Lipinski definition) is 2. The van der Waals surface area contributed by atoms with Crippen molar-refractivity contribution in [2.24, 2.45) is 17.8 Å². The number of rotatable bonds is 3. The lowest BCUT2D eigenvalue weighted by Gasteiger charge is -2.30. The molecule has 2 rings (SSSR count). The molecule has 2 fully saturated rings. The predicted octanol–water partition coefficient (Wildman–Crippen LogP) is 2.32. The van der Waals surface area contributed by atoms with Crippen LogP contribution in [0.3, 0.4) is 0 Å². The van der Waals surface area contributed by atoms with E-state index in [-0.39, 0.29) is 23.9 Å². The van der Waals surface area contributed by atoms with Gasteiger partial charge in [0.25, 0.3) is 0 Å². The molecule has 0 aromatic carbocycles. The van der Waals surface area contributed by atoms with Crippen LogP contribution in [-0.4, -0.2) is 41.1 Å². The van der Waals surface area contributed by atoms with Gasteiger partial charge in [0.15, 0.2) is 0 Å². The van der Waals surface area contributed by atoms with Crippen molar-refractivity contribution in [1.29, 1.82) is 0 Å².